The fraction of sp³-hybridized carbons (Fsp3) is 0.533. The van der Waals surface area contributed by atoms with Crippen molar-refractivity contribution in [2.75, 3.05) is 18.0 Å². The van der Waals surface area contributed by atoms with E-state index in [1.807, 2.05) is 4.90 Å². The number of hydrogen-bond acceptors (Lipinski definition) is 2. The van der Waals surface area contributed by atoms with E-state index in [-0.39, 0.29) is 5.91 Å². The van der Waals surface area contributed by atoms with Crippen molar-refractivity contribution >= 4 is 11.6 Å². The van der Waals surface area contributed by atoms with E-state index < -0.39 is 0 Å². The van der Waals surface area contributed by atoms with Crippen LogP contribution in [0, 0.1) is 6.92 Å². The number of para-hydroxylation sites is 1. The summed E-state index contributed by atoms with van der Waals surface area (Å²) in [4.78, 5) is 14.3. The van der Waals surface area contributed by atoms with Crippen LogP contribution in [0.2, 0.25) is 0 Å². The summed E-state index contributed by atoms with van der Waals surface area (Å²) in [5, 5.41) is 3.31. The predicted molar refractivity (Wildman–Crippen MR) is 72.9 cm³/mol. The minimum absolute atomic E-state index is 0.220. The molecule has 0 unspecified atom stereocenters. The van der Waals surface area contributed by atoms with Crippen LogP contribution in [0.5, 0.6) is 0 Å². The Labute approximate surface area is 108 Å². The zero-order chi connectivity index (χ0) is 12.5. The first kappa shape index (κ1) is 11.7. The zero-order valence-electron chi connectivity index (χ0n) is 10.9. The van der Waals surface area contributed by atoms with Crippen molar-refractivity contribution in [1.29, 1.82) is 0 Å². The highest BCUT2D eigenvalue weighted by Gasteiger charge is 2.26. The lowest BCUT2D eigenvalue weighted by Crippen LogP contribution is -2.42. The number of hydrogen-bond donors (Lipinski definition) is 1. The van der Waals surface area contributed by atoms with Gasteiger partial charge in [-0.25, -0.2) is 0 Å². The van der Waals surface area contributed by atoms with Crippen molar-refractivity contribution < 1.29 is 4.79 Å². The number of carbonyl (C=O) groups excluding carboxylic acids is 1. The average Bonchev–Trinajstić information content (AvgIpc) is 3.20. The molecular weight excluding hydrogens is 224 g/mol. The third kappa shape index (κ3) is 2.27. The third-order valence-electron chi connectivity index (χ3n) is 3.84. The summed E-state index contributed by atoms with van der Waals surface area (Å²) in [6.07, 6.45) is 4.62. The summed E-state index contributed by atoms with van der Waals surface area (Å²) in [5.74, 6) is 0.220. The van der Waals surface area contributed by atoms with Crippen molar-refractivity contribution in [3.8, 4) is 0 Å². The number of rotatable bonds is 3. The van der Waals surface area contributed by atoms with Gasteiger partial charge < -0.3 is 10.2 Å². The lowest BCUT2D eigenvalue weighted by molar-refractivity contribution is -0.117. The normalized spacial score (nSPS) is 18.6. The number of benzene rings is 1. The standard InChI is InChI=1S/C15H20N2O/c1-11-4-2-5-12-6-3-9-17(15(11)12)14(18)10-16-13-7-8-13/h2,4-5,13,16H,3,6-10H2,1H3. The van der Waals surface area contributed by atoms with Crippen molar-refractivity contribution in [2.45, 2.75) is 38.6 Å². The first-order valence-corrected chi connectivity index (χ1v) is 6.88. The second kappa shape index (κ2) is 4.73. The average molecular weight is 244 g/mol. The molecule has 1 aliphatic heterocycles. The second-order valence-electron chi connectivity index (χ2n) is 5.39. The Hall–Kier alpha value is -1.35. The Kier molecular flexibility index (Phi) is 3.08. The molecule has 0 bridgehead atoms. The Balaban J connectivity index is 1.78. The molecule has 0 saturated heterocycles. The van der Waals surface area contributed by atoms with E-state index in [0.717, 1.165) is 25.1 Å². The van der Waals surface area contributed by atoms with Crippen LogP contribution in [0.1, 0.15) is 30.4 Å². The van der Waals surface area contributed by atoms with Crippen LogP contribution in [0.3, 0.4) is 0 Å². The first-order valence-electron chi connectivity index (χ1n) is 6.88. The molecule has 0 atom stereocenters. The van der Waals surface area contributed by atoms with Gasteiger partial charge in [0.1, 0.15) is 0 Å². The largest absolute Gasteiger partial charge is 0.311 e. The van der Waals surface area contributed by atoms with E-state index in [0.29, 0.717) is 12.6 Å². The molecule has 0 aromatic heterocycles. The van der Waals surface area contributed by atoms with Gasteiger partial charge in [-0.3, -0.25) is 4.79 Å². The van der Waals surface area contributed by atoms with E-state index in [1.54, 1.807) is 0 Å². The van der Waals surface area contributed by atoms with E-state index in [9.17, 15) is 4.79 Å². The molecule has 1 fully saturated rings. The van der Waals surface area contributed by atoms with Crippen molar-refractivity contribution in [3.63, 3.8) is 0 Å². The van der Waals surface area contributed by atoms with Crippen LogP contribution in [0.25, 0.3) is 0 Å². The van der Waals surface area contributed by atoms with Crippen LogP contribution in [-0.4, -0.2) is 25.0 Å². The van der Waals surface area contributed by atoms with Crippen molar-refractivity contribution in [2.24, 2.45) is 0 Å². The van der Waals surface area contributed by atoms with Gasteiger partial charge in [0.15, 0.2) is 0 Å². The summed E-state index contributed by atoms with van der Waals surface area (Å²) >= 11 is 0. The molecule has 1 saturated carbocycles. The molecule has 1 aromatic carbocycles. The molecule has 3 heteroatoms. The summed E-state index contributed by atoms with van der Waals surface area (Å²) in [7, 11) is 0. The molecule has 18 heavy (non-hydrogen) atoms. The predicted octanol–water partition coefficient (Wildman–Crippen LogP) is 2.03. The Morgan fingerprint density at radius 1 is 1.44 bits per heavy atom. The fourth-order valence-corrected chi connectivity index (χ4v) is 2.71. The van der Waals surface area contributed by atoms with Gasteiger partial charge in [-0.15, -0.1) is 0 Å². The van der Waals surface area contributed by atoms with Gasteiger partial charge in [0.05, 0.1) is 6.54 Å². The molecule has 3 nitrogen and oxygen atoms in total. The Morgan fingerprint density at radius 2 is 2.28 bits per heavy atom. The van der Waals surface area contributed by atoms with Crippen molar-refractivity contribution in [1.82, 2.24) is 5.32 Å². The molecule has 0 spiro atoms. The number of nitrogens with one attached hydrogen (secondary N) is 1. The maximum Gasteiger partial charge on any atom is 0.240 e. The van der Waals surface area contributed by atoms with Gasteiger partial charge in [0.25, 0.3) is 0 Å². The number of nitrogens with zero attached hydrogens (tertiary/aromatic N) is 1. The lowest BCUT2D eigenvalue weighted by Gasteiger charge is -2.31. The highest BCUT2D eigenvalue weighted by Crippen LogP contribution is 2.30. The molecule has 96 valence electrons. The quantitative estimate of drug-likeness (QED) is 0.882. The second-order valence-corrected chi connectivity index (χ2v) is 5.39. The van der Waals surface area contributed by atoms with E-state index in [2.05, 4.69) is 30.4 Å². The number of anilines is 1. The molecule has 2 aliphatic rings. The maximum absolute atomic E-state index is 12.3. The minimum Gasteiger partial charge on any atom is -0.311 e. The summed E-state index contributed by atoms with van der Waals surface area (Å²) in [6, 6.07) is 6.93. The van der Waals surface area contributed by atoms with Crippen LogP contribution in [0.15, 0.2) is 18.2 Å². The Morgan fingerprint density at radius 3 is 3.06 bits per heavy atom. The van der Waals surface area contributed by atoms with Crippen molar-refractivity contribution in [3.05, 3.63) is 29.3 Å². The van der Waals surface area contributed by atoms with E-state index in [4.69, 9.17) is 0 Å². The monoisotopic (exact) mass is 244 g/mol. The van der Waals surface area contributed by atoms with Gasteiger partial charge in [-0.1, -0.05) is 18.2 Å². The molecule has 1 heterocycles. The van der Waals surface area contributed by atoms with Gasteiger partial charge in [-0.2, -0.15) is 0 Å². The number of fused-ring (bicyclic) bond motifs is 1. The summed E-state index contributed by atoms with van der Waals surface area (Å²) in [5.41, 5.74) is 3.69. The fourth-order valence-electron chi connectivity index (χ4n) is 2.71. The van der Waals surface area contributed by atoms with Crippen LogP contribution < -0.4 is 10.2 Å². The lowest BCUT2D eigenvalue weighted by atomic mass is 9.98. The molecule has 1 N–H and O–H groups in total. The first-order chi connectivity index (χ1) is 8.75. The summed E-state index contributed by atoms with van der Waals surface area (Å²) in [6.45, 7) is 3.44. The smallest absolute Gasteiger partial charge is 0.240 e. The highest BCUT2D eigenvalue weighted by molar-refractivity contribution is 5.96. The maximum atomic E-state index is 12.3. The molecule has 0 radical (unpaired) electrons. The molecular formula is C15H20N2O. The van der Waals surface area contributed by atoms with Crippen LogP contribution in [0.4, 0.5) is 5.69 Å². The number of amides is 1. The Bertz CT molecular complexity index is 466. The molecule has 3 rings (SSSR count). The summed E-state index contributed by atoms with van der Waals surface area (Å²) < 4.78 is 0. The minimum atomic E-state index is 0.220. The van der Waals surface area contributed by atoms with Crippen LogP contribution >= 0.6 is 0 Å². The SMILES string of the molecule is Cc1cccc2c1N(C(=O)CNC1CC1)CCC2. The molecule has 1 aromatic rings. The topological polar surface area (TPSA) is 32.3 Å². The third-order valence-corrected chi connectivity index (χ3v) is 3.84. The van der Waals surface area contributed by atoms with Gasteiger partial charge in [0.2, 0.25) is 5.91 Å². The zero-order valence-corrected chi connectivity index (χ0v) is 10.9. The number of carbonyl (C=O) groups is 1. The molecule has 1 aliphatic carbocycles. The van der Waals surface area contributed by atoms with Gasteiger partial charge >= 0.3 is 0 Å². The van der Waals surface area contributed by atoms with Crippen LogP contribution in [-0.2, 0) is 11.2 Å². The number of aryl methyl sites for hydroxylation is 2. The highest BCUT2D eigenvalue weighted by atomic mass is 16.2. The van der Waals surface area contributed by atoms with Gasteiger partial charge in [-0.05, 0) is 43.7 Å². The van der Waals surface area contributed by atoms with Gasteiger partial charge in [0, 0.05) is 18.3 Å². The molecule has 1 amide bonds. The van der Waals surface area contributed by atoms with E-state index >= 15 is 0 Å². The van der Waals surface area contributed by atoms with E-state index in [1.165, 1.54) is 24.0 Å².